The fourth-order valence-corrected chi connectivity index (χ4v) is 3.49. The van der Waals surface area contributed by atoms with Crippen molar-refractivity contribution >= 4 is 11.7 Å². The van der Waals surface area contributed by atoms with E-state index in [4.69, 9.17) is 4.74 Å². The second-order valence-electron chi connectivity index (χ2n) is 6.58. The Morgan fingerprint density at radius 3 is 2.48 bits per heavy atom. The van der Waals surface area contributed by atoms with Crippen LogP contribution in [-0.2, 0) is 6.42 Å². The summed E-state index contributed by atoms with van der Waals surface area (Å²) < 4.78 is 5.76. The summed E-state index contributed by atoms with van der Waals surface area (Å²) in [4.78, 5) is 16.8. The average Bonchev–Trinajstić information content (AvgIpc) is 2.69. The number of carbonyl (C=O) groups excluding carboxylic acids is 1. The molecule has 2 amide bonds. The average molecular weight is 337 g/mol. The summed E-state index contributed by atoms with van der Waals surface area (Å²) in [6, 6.07) is 18.4. The number of anilines is 1. The Labute approximate surface area is 148 Å². The fraction of sp³-hybridized carbons (Fsp3) is 0.350. The normalized spacial score (nSPS) is 19.8. The lowest BCUT2D eigenvalue weighted by Gasteiger charge is -2.37. The third-order valence-corrected chi connectivity index (χ3v) is 4.89. The van der Waals surface area contributed by atoms with Crippen LogP contribution in [0.1, 0.15) is 5.56 Å². The lowest BCUT2D eigenvalue weighted by molar-refractivity contribution is 0.178. The van der Waals surface area contributed by atoms with Crippen molar-refractivity contribution in [1.82, 2.24) is 10.2 Å². The van der Waals surface area contributed by atoms with Crippen LogP contribution >= 0.6 is 0 Å². The lowest BCUT2D eigenvalue weighted by atomic mass is 10.0. The maximum atomic E-state index is 12.6. The number of fused-ring (bicyclic) bond motifs is 1. The van der Waals surface area contributed by atoms with E-state index in [2.05, 4.69) is 40.5 Å². The topological polar surface area (TPSA) is 44.8 Å². The van der Waals surface area contributed by atoms with Gasteiger partial charge in [-0.3, -0.25) is 0 Å². The molecule has 0 aromatic heterocycles. The van der Waals surface area contributed by atoms with E-state index >= 15 is 0 Å². The van der Waals surface area contributed by atoms with Crippen molar-refractivity contribution in [2.45, 2.75) is 12.5 Å². The van der Waals surface area contributed by atoms with Gasteiger partial charge in [-0.05, 0) is 30.2 Å². The molecule has 2 aromatic rings. The molecular formula is C20H23N3O2. The number of benzene rings is 2. The molecule has 0 spiro atoms. The zero-order valence-electron chi connectivity index (χ0n) is 14.2. The van der Waals surface area contributed by atoms with Gasteiger partial charge < -0.3 is 19.9 Å². The maximum absolute atomic E-state index is 12.6. The summed E-state index contributed by atoms with van der Waals surface area (Å²) in [7, 11) is 0. The van der Waals surface area contributed by atoms with Gasteiger partial charge in [-0.1, -0.05) is 36.4 Å². The second kappa shape index (κ2) is 7.05. The number of hydrogen-bond donors (Lipinski definition) is 1. The highest BCUT2D eigenvalue weighted by Gasteiger charge is 2.25. The number of hydrogen-bond acceptors (Lipinski definition) is 3. The van der Waals surface area contributed by atoms with Crippen molar-refractivity contribution in [3.8, 4) is 5.75 Å². The molecule has 2 aromatic carbocycles. The van der Waals surface area contributed by atoms with Gasteiger partial charge in [-0.2, -0.15) is 0 Å². The van der Waals surface area contributed by atoms with Crippen LogP contribution in [0.25, 0.3) is 0 Å². The first-order valence-electron chi connectivity index (χ1n) is 8.86. The molecule has 1 fully saturated rings. The van der Waals surface area contributed by atoms with Gasteiger partial charge in [0.05, 0.1) is 6.04 Å². The molecule has 1 atom stereocenters. The molecule has 4 rings (SSSR count). The van der Waals surface area contributed by atoms with Crippen molar-refractivity contribution in [3.05, 3.63) is 60.2 Å². The molecule has 0 unspecified atom stereocenters. The van der Waals surface area contributed by atoms with Gasteiger partial charge in [-0.15, -0.1) is 0 Å². The quantitative estimate of drug-likeness (QED) is 0.916. The zero-order chi connectivity index (χ0) is 17.1. The molecule has 0 bridgehead atoms. The molecule has 2 heterocycles. The first-order valence-corrected chi connectivity index (χ1v) is 8.86. The van der Waals surface area contributed by atoms with E-state index in [0.29, 0.717) is 6.61 Å². The van der Waals surface area contributed by atoms with Gasteiger partial charge in [0.1, 0.15) is 12.4 Å². The molecule has 2 aliphatic heterocycles. The Kier molecular flexibility index (Phi) is 4.46. The summed E-state index contributed by atoms with van der Waals surface area (Å²) in [5.74, 6) is 0.935. The Morgan fingerprint density at radius 2 is 1.68 bits per heavy atom. The molecule has 1 N–H and O–H groups in total. The smallest absolute Gasteiger partial charge is 0.317 e. The van der Waals surface area contributed by atoms with E-state index in [9.17, 15) is 4.79 Å². The SMILES string of the molecule is O=C(N[C@H]1COc2ccccc2C1)N1CCN(c2ccccc2)CC1. The number of ether oxygens (including phenoxy) is 1. The largest absolute Gasteiger partial charge is 0.491 e. The number of amides is 2. The van der Waals surface area contributed by atoms with Gasteiger partial charge >= 0.3 is 6.03 Å². The summed E-state index contributed by atoms with van der Waals surface area (Å²) >= 11 is 0. The van der Waals surface area contributed by atoms with Gasteiger partial charge in [0, 0.05) is 31.9 Å². The number of urea groups is 1. The minimum atomic E-state index is 0.0145. The van der Waals surface area contributed by atoms with E-state index < -0.39 is 0 Å². The highest BCUT2D eigenvalue weighted by molar-refractivity contribution is 5.75. The lowest BCUT2D eigenvalue weighted by Crippen LogP contribution is -2.55. The van der Waals surface area contributed by atoms with Crippen molar-refractivity contribution in [2.24, 2.45) is 0 Å². The third kappa shape index (κ3) is 3.55. The van der Waals surface area contributed by atoms with Crippen molar-refractivity contribution in [1.29, 1.82) is 0 Å². The van der Waals surface area contributed by atoms with Crippen LogP contribution in [-0.4, -0.2) is 49.8 Å². The van der Waals surface area contributed by atoms with Crippen LogP contribution in [0, 0.1) is 0 Å². The number of piperazine rings is 1. The van der Waals surface area contributed by atoms with Crippen LogP contribution in [0.15, 0.2) is 54.6 Å². The minimum absolute atomic E-state index is 0.0145. The van der Waals surface area contributed by atoms with E-state index in [1.165, 1.54) is 5.69 Å². The van der Waals surface area contributed by atoms with E-state index in [-0.39, 0.29) is 12.1 Å². The Balaban J connectivity index is 1.30. The highest BCUT2D eigenvalue weighted by Crippen LogP contribution is 2.24. The summed E-state index contributed by atoms with van der Waals surface area (Å²) in [5, 5.41) is 3.13. The zero-order valence-corrected chi connectivity index (χ0v) is 14.2. The second-order valence-corrected chi connectivity index (χ2v) is 6.58. The Morgan fingerprint density at radius 1 is 0.960 bits per heavy atom. The summed E-state index contributed by atoms with van der Waals surface area (Å²) in [5.41, 5.74) is 2.38. The predicted molar refractivity (Wildman–Crippen MR) is 98.2 cm³/mol. The van der Waals surface area contributed by atoms with Crippen molar-refractivity contribution in [3.63, 3.8) is 0 Å². The summed E-state index contributed by atoms with van der Waals surface area (Å²) in [6.07, 6.45) is 0.825. The summed E-state index contributed by atoms with van der Waals surface area (Å²) in [6.45, 7) is 3.74. The Bertz CT molecular complexity index is 727. The van der Waals surface area contributed by atoms with E-state index in [1.54, 1.807) is 0 Å². The molecule has 0 radical (unpaired) electrons. The van der Waals surface area contributed by atoms with Crippen LogP contribution in [0.2, 0.25) is 0 Å². The molecule has 25 heavy (non-hydrogen) atoms. The number of carbonyl (C=O) groups is 1. The third-order valence-electron chi connectivity index (χ3n) is 4.89. The van der Waals surface area contributed by atoms with Crippen LogP contribution in [0.4, 0.5) is 10.5 Å². The maximum Gasteiger partial charge on any atom is 0.317 e. The van der Waals surface area contributed by atoms with Crippen molar-refractivity contribution < 1.29 is 9.53 Å². The monoisotopic (exact) mass is 337 g/mol. The fourth-order valence-electron chi connectivity index (χ4n) is 3.49. The van der Waals surface area contributed by atoms with E-state index in [1.807, 2.05) is 29.2 Å². The molecule has 5 nitrogen and oxygen atoms in total. The number of para-hydroxylation sites is 2. The van der Waals surface area contributed by atoms with Gasteiger partial charge in [-0.25, -0.2) is 4.79 Å². The van der Waals surface area contributed by atoms with Crippen LogP contribution < -0.4 is 15.0 Å². The van der Waals surface area contributed by atoms with Gasteiger partial charge in [0.2, 0.25) is 0 Å². The number of rotatable bonds is 2. The number of nitrogens with one attached hydrogen (secondary N) is 1. The molecular weight excluding hydrogens is 314 g/mol. The molecule has 1 saturated heterocycles. The molecule has 5 heteroatoms. The standard InChI is InChI=1S/C20H23N3O2/c24-20(21-17-14-16-6-4-5-9-19(16)25-15-17)23-12-10-22(11-13-23)18-7-2-1-3-8-18/h1-9,17H,10-15H2,(H,21,24)/t17-/m1/s1. The number of nitrogens with zero attached hydrogens (tertiary/aromatic N) is 2. The Hall–Kier alpha value is -2.69. The predicted octanol–water partition coefficient (Wildman–Crippen LogP) is 2.52. The molecule has 0 aliphatic carbocycles. The first-order chi connectivity index (χ1) is 12.3. The van der Waals surface area contributed by atoms with E-state index in [0.717, 1.165) is 43.9 Å². The minimum Gasteiger partial charge on any atom is -0.491 e. The molecule has 130 valence electrons. The first kappa shape index (κ1) is 15.8. The van der Waals surface area contributed by atoms with Crippen LogP contribution in [0.3, 0.4) is 0 Å². The van der Waals surface area contributed by atoms with Gasteiger partial charge in [0.15, 0.2) is 0 Å². The van der Waals surface area contributed by atoms with Crippen LogP contribution in [0.5, 0.6) is 5.75 Å². The van der Waals surface area contributed by atoms with Crippen molar-refractivity contribution in [2.75, 3.05) is 37.7 Å². The molecule has 2 aliphatic rings. The van der Waals surface area contributed by atoms with Gasteiger partial charge in [0.25, 0.3) is 0 Å². The highest BCUT2D eigenvalue weighted by atomic mass is 16.5. The molecule has 0 saturated carbocycles.